The first kappa shape index (κ1) is 9.60. The molecule has 0 saturated carbocycles. The van der Waals surface area contributed by atoms with Gasteiger partial charge in [0.1, 0.15) is 5.69 Å². The predicted molar refractivity (Wildman–Crippen MR) is 56.6 cm³/mol. The van der Waals surface area contributed by atoms with Gasteiger partial charge in [0.25, 0.3) is 0 Å². The molecule has 0 aliphatic rings. The molecule has 0 aliphatic heterocycles. The summed E-state index contributed by atoms with van der Waals surface area (Å²) in [5.41, 5.74) is 0.675. The number of nitrogens with one attached hydrogen (secondary N) is 1. The fraction of sp³-hybridized carbons (Fsp3) is 0. The van der Waals surface area contributed by atoms with Gasteiger partial charge in [-0.2, -0.15) is 0 Å². The Balaban J connectivity index is 2.22. The summed E-state index contributed by atoms with van der Waals surface area (Å²) in [6.07, 6.45) is 3.12. The first-order chi connectivity index (χ1) is 7.25. The fourth-order valence-corrected chi connectivity index (χ4v) is 1.58. The van der Waals surface area contributed by atoms with Crippen LogP contribution < -0.4 is 5.32 Å². The molecule has 5 nitrogen and oxygen atoms in total. The lowest BCUT2D eigenvalue weighted by molar-refractivity contribution is 0.0690. The molecule has 2 heterocycles. The highest BCUT2D eigenvalue weighted by Gasteiger charge is 2.05. The molecule has 0 fully saturated rings. The number of carboxylic acids is 1. The number of aromatic carboxylic acids is 1. The summed E-state index contributed by atoms with van der Waals surface area (Å²) >= 11 is 1.44. The fourth-order valence-electron chi connectivity index (χ4n) is 1.03. The largest absolute Gasteiger partial charge is 0.477 e. The average molecular weight is 221 g/mol. The van der Waals surface area contributed by atoms with Gasteiger partial charge in [-0.05, 0) is 12.1 Å². The van der Waals surface area contributed by atoms with Gasteiger partial charge in [0.05, 0.1) is 0 Å². The van der Waals surface area contributed by atoms with E-state index in [1.165, 1.54) is 23.6 Å². The van der Waals surface area contributed by atoms with E-state index in [-0.39, 0.29) is 5.69 Å². The minimum atomic E-state index is -1.04. The van der Waals surface area contributed by atoms with Crippen LogP contribution in [0.1, 0.15) is 10.5 Å². The number of carbonyl (C=O) groups is 1. The maximum absolute atomic E-state index is 10.7. The summed E-state index contributed by atoms with van der Waals surface area (Å²) < 4.78 is 0. The number of nitrogens with zero attached hydrogens (tertiary/aromatic N) is 2. The third-order valence-electron chi connectivity index (χ3n) is 1.66. The standard InChI is InChI=1S/C9H7N3O2S/c13-8(14)7-5-6(1-2-10-7)12-9-11-3-4-15-9/h1-5H,(H,13,14)(H,10,11,12). The lowest BCUT2D eigenvalue weighted by Gasteiger charge is -2.02. The van der Waals surface area contributed by atoms with E-state index in [1.54, 1.807) is 12.3 Å². The normalized spacial score (nSPS) is 9.87. The summed E-state index contributed by atoms with van der Waals surface area (Å²) in [5, 5.41) is 14.3. The van der Waals surface area contributed by atoms with E-state index in [2.05, 4.69) is 15.3 Å². The van der Waals surface area contributed by atoms with Gasteiger partial charge in [-0.1, -0.05) is 0 Å². The smallest absolute Gasteiger partial charge is 0.354 e. The second-order valence-corrected chi connectivity index (χ2v) is 3.59. The van der Waals surface area contributed by atoms with E-state index in [1.807, 2.05) is 5.38 Å². The third-order valence-corrected chi connectivity index (χ3v) is 2.35. The number of carboxylic acid groups (broad SMARTS) is 1. The number of hydrogen-bond acceptors (Lipinski definition) is 5. The number of aromatic nitrogens is 2. The molecule has 0 atom stereocenters. The van der Waals surface area contributed by atoms with Gasteiger partial charge in [-0.15, -0.1) is 11.3 Å². The molecule has 76 valence electrons. The van der Waals surface area contributed by atoms with E-state index in [4.69, 9.17) is 5.11 Å². The molecule has 0 unspecified atom stereocenters. The molecule has 0 saturated heterocycles. The Morgan fingerprint density at radius 1 is 1.40 bits per heavy atom. The van der Waals surface area contributed by atoms with Gasteiger partial charge >= 0.3 is 5.97 Å². The molecular weight excluding hydrogens is 214 g/mol. The Morgan fingerprint density at radius 2 is 2.27 bits per heavy atom. The van der Waals surface area contributed by atoms with E-state index in [0.29, 0.717) is 5.69 Å². The zero-order valence-electron chi connectivity index (χ0n) is 7.54. The summed E-state index contributed by atoms with van der Waals surface area (Å²) in [6.45, 7) is 0. The van der Waals surface area contributed by atoms with E-state index >= 15 is 0 Å². The van der Waals surface area contributed by atoms with Crippen molar-refractivity contribution in [2.24, 2.45) is 0 Å². The zero-order chi connectivity index (χ0) is 10.7. The van der Waals surface area contributed by atoms with Gasteiger partial charge in [0.15, 0.2) is 5.13 Å². The van der Waals surface area contributed by atoms with E-state index < -0.39 is 5.97 Å². The quantitative estimate of drug-likeness (QED) is 0.828. The predicted octanol–water partition coefficient (Wildman–Crippen LogP) is 1.98. The van der Waals surface area contributed by atoms with Crippen molar-refractivity contribution in [1.29, 1.82) is 0 Å². The van der Waals surface area contributed by atoms with Crippen LogP contribution >= 0.6 is 11.3 Å². The van der Waals surface area contributed by atoms with Gasteiger partial charge in [-0.25, -0.2) is 14.8 Å². The molecule has 0 bridgehead atoms. The first-order valence-corrected chi connectivity index (χ1v) is 4.99. The van der Waals surface area contributed by atoms with Gasteiger partial charge in [0, 0.05) is 23.5 Å². The molecular formula is C9H7N3O2S. The highest BCUT2D eigenvalue weighted by Crippen LogP contribution is 2.18. The number of anilines is 2. The van der Waals surface area contributed by atoms with Crippen LogP contribution in [0.4, 0.5) is 10.8 Å². The van der Waals surface area contributed by atoms with Crippen LogP contribution in [0, 0.1) is 0 Å². The van der Waals surface area contributed by atoms with Crippen molar-refractivity contribution in [3.05, 3.63) is 35.6 Å². The average Bonchev–Trinajstić information content (AvgIpc) is 2.71. The summed E-state index contributed by atoms with van der Waals surface area (Å²) in [7, 11) is 0. The molecule has 0 aliphatic carbocycles. The van der Waals surface area contributed by atoms with Gasteiger partial charge < -0.3 is 10.4 Å². The SMILES string of the molecule is O=C(O)c1cc(Nc2nccs2)ccn1. The molecule has 0 aromatic carbocycles. The molecule has 0 spiro atoms. The third kappa shape index (κ3) is 2.29. The van der Waals surface area contributed by atoms with Crippen LogP contribution in [0.15, 0.2) is 29.9 Å². The summed E-state index contributed by atoms with van der Waals surface area (Å²) in [5.74, 6) is -1.04. The van der Waals surface area contributed by atoms with Crippen LogP contribution in [0.5, 0.6) is 0 Å². The monoisotopic (exact) mass is 221 g/mol. The Labute approximate surface area is 89.4 Å². The van der Waals surface area contributed by atoms with Crippen LogP contribution in [-0.2, 0) is 0 Å². The van der Waals surface area contributed by atoms with E-state index in [0.717, 1.165) is 5.13 Å². The Hall–Kier alpha value is -1.95. The number of thiazole rings is 1. The molecule has 0 radical (unpaired) electrons. The Kier molecular flexibility index (Phi) is 2.59. The summed E-state index contributed by atoms with van der Waals surface area (Å²) in [6, 6.07) is 3.15. The van der Waals surface area contributed by atoms with Crippen molar-refractivity contribution in [1.82, 2.24) is 9.97 Å². The van der Waals surface area contributed by atoms with Crippen molar-refractivity contribution in [2.75, 3.05) is 5.32 Å². The van der Waals surface area contributed by atoms with E-state index in [9.17, 15) is 4.79 Å². The highest BCUT2D eigenvalue weighted by molar-refractivity contribution is 7.13. The molecule has 15 heavy (non-hydrogen) atoms. The van der Waals surface area contributed by atoms with Crippen molar-refractivity contribution in [2.45, 2.75) is 0 Å². The minimum absolute atomic E-state index is 0.0107. The molecule has 2 rings (SSSR count). The van der Waals surface area contributed by atoms with Crippen LogP contribution in [0.2, 0.25) is 0 Å². The zero-order valence-corrected chi connectivity index (χ0v) is 8.36. The number of hydrogen-bond donors (Lipinski definition) is 2. The second-order valence-electron chi connectivity index (χ2n) is 2.70. The lowest BCUT2D eigenvalue weighted by atomic mass is 10.3. The number of pyridine rings is 1. The van der Waals surface area contributed by atoms with Crippen LogP contribution in [-0.4, -0.2) is 21.0 Å². The second kappa shape index (κ2) is 4.05. The van der Waals surface area contributed by atoms with Crippen molar-refractivity contribution < 1.29 is 9.90 Å². The molecule has 0 amide bonds. The van der Waals surface area contributed by atoms with Crippen molar-refractivity contribution in [3.63, 3.8) is 0 Å². The highest BCUT2D eigenvalue weighted by atomic mass is 32.1. The molecule has 2 N–H and O–H groups in total. The van der Waals surface area contributed by atoms with Crippen LogP contribution in [0.25, 0.3) is 0 Å². The minimum Gasteiger partial charge on any atom is -0.477 e. The number of rotatable bonds is 3. The molecule has 6 heteroatoms. The Bertz CT molecular complexity index is 470. The van der Waals surface area contributed by atoms with Crippen molar-refractivity contribution >= 4 is 28.1 Å². The molecule has 2 aromatic heterocycles. The maximum atomic E-state index is 10.7. The summed E-state index contributed by atoms with van der Waals surface area (Å²) in [4.78, 5) is 18.4. The lowest BCUT2D eigenvalue weighted by Crippen LogP contribution is -2.00. The topological polar surface area (TPSA) is 75.1 Å². The van der Waals surface area contributed by atoms with Crippen molar-refractivity contribution in [3.8, 4) is 0 Å². The molecule has 2 aromatic rings. The van der Waals surface area contributed by atoms with Gasteiger partial charge in [-0.3, -0.25) is 0 Å². The van der Waals surface area contributed by atoms with Crippen LogP contribution in [0.3, 0.4) is 0 Å². The Morgan fingerprint density at radius 3 is 2.93 bits per heavy atom. The van der Waals surface area contributed by atoms with Gasteiger partial charge in [0.2, 0.25) is 0 Å². The maximum Gasteiger partial charge on any atom is 0.354 e. The first-order valence-electron chi connectivity index (χ1n) is 4.11.